The number of rotatable bonds is 6. The molecule has 1 atom stereocenters. The highest BCUT2D eigenvalue weighted by Gasteiger charge is 2.25. The van der Waals surface area contributed by atoms with Crippen LogP contribution in [0.3, 0.4) is 0 Å². The first-order valence-electron chi connectivity index (χ1n) is 6.05. The maximum atomic E-state index is 4.12. The average Bonchev–Trinajstić information content (AvgIpc) is 2.75. The fraction of sp³-hybridized carbons (Fsp3) is 0.909. The van der Waals surface area contributed by atoms with Crippen molar-refractivity contribution in [2.24, 2.45) is 0 Å². The number of nitrogens with one attached hydrogen (secondary N) is 1. The van der Waals surface area contributed by atoms with E-state index in [1.54, 1.807) is 0 Å². The molecule has 0 bridgehead atoms. The summed E-state index contributed by atoms with van der Waals surface area (Å²) in [7, 11) is 0. The molecule has 0 fully saturated rings. The van der Waals surface area contributed by atoms with Gasteiger partial charge in [0.2, 0.25) is 0 Å². The molecule has 1 aromatic heterocycles. The van der Waals surface area contributed by atoms with Gasteiger partial charge in [-0.3, -0.25) is 0 Å². The Morgan fingerprint density at radius 2 is 2.06 bits per heavy atom. The fourth-order valence-electron chi connectivity index (χ4n) is 1.50. The van der Waals surface area contributed by atoms with Crippen molar-refractivity contribution >= 4 is 0 Å². The molecule has 0 saturated heterocycles. The second kappa shape index (κ2) is 5.39. The number of hydrogen-bond donors (Lipinski definition) is 1. The van der Waals surface area contributed by atoms with E-state index in [1.807, 2.05) is 4.68 Å². The monoisotopic (exact) mass is 225 g/mol. The van der Waals surface area contributed by atoms with Gasteiger partial charge in [0.25, 0.3) is 0 Å². The minimum absolute atomic E-state index is 0.0268. The van der Waals surface area contributed by atoms with Gasteiger partial charge in [0.15, 0.2) is 5.82 Å². The predicted molar refractivity (Wildman–Crippen MR) is 64.1 cm³/mol. The second-order valence-corrected chi connectivity index (χ2v) is 4.79. The van der Waals surface area contributed by atoms with E-state index >= 15 is 0 Å². The van der Waals surface area contributed by atoms with Crippen LogP contribution < -0.4 is 5.32 Å². The molecule has 1 heterocycles. The van der Waals surface area contributed by atoms with Crippen LogP contribution in [-0.2, 0) is 5.54 Å². The Bertz CT molecular complexity index is 318. The van der Waals surface area contributed by atoms with E-state index in [2.05, 4.69) is 55.5 Å². The Balaban J connectivity index is 2.85. The molecule has 1 rings (SSSR count). The number of hydrogen-bond acceptors (Lipinski definition) is 4. The first-order valence-corrected chi connectivity index (χ1v) is 6.05. The first-order chi connectivity index (χ1) is 7.53. The van der Waals surface area contributed by atoms with E-state index in [-0.39, 0.29) is 11.6 Å². The molecule has 1 unspecified atom stereocenters. The van der Waals surface area contributed by atoms with Crippen molar-refractivity contribution < 1.29 is 0 Å². The minimum atomic E-state index is -0.0268. The molecular formula is C11H23N5. The molecule has 0 aliphatic rings. The summed E-state index contributed by atoms with van der Waals surface area (Å²) in [5.74, 6) is 0.917. The van der Waals surface area contributed by atoms with Crippen LogP contribution >= 0.6 is 0 Å². The summed E-state index contributed by atoms with van der Waals surface area (Å²) in [6, 6.07) is 0.195. The lowest BCUT2D eigenvalue weighted by atomic mass is 10.0. The zero-order chi connectivity index (χ0) is 12.2. The molecule has 0 amide bonds. The molecule has 1 aromatic rings. The van der Waals surface area contributed by atoms with Crippen molar-refractivity contribution in [3.8, 4) is 0 Å². The van der Waals surface area contributed by atoms with Crippen molar-refractivity contribution in [1.82, 2.24) is 25.5 Å². The van der Waals surface area contributed by atoms with Crippen molar-refractivity contribution in [3.05, 3.63) is 5.82 Å². The smallest absolute Gasteiger partial charge is 0.168 e. The van der Waals surface area contributed by atoms with Gasteiger partial charge >= 0.3 is 0 Å². The highest BCUT2D eigenvalue weighted by molar-refractivity contribution is 4.94. The van der Waals surface area contributed by atoms with Gasteiger partial charge in [-0.15, -0.1) is 5.10 Å². The lowest BCUT2D eigenvalue weighted by molar-refractivity contribution is 0.282. The van der Waals surface area contributed by atoms with Gasteiger partial charge in [0.05, 0.1) is 11.6 Å². The van der Waals surface area contributed by atoms with E-state index < -0.39 is 0 Å². The van der Waals surface area contributed by atoms with Gasteiger partial charge < -0.3 is 5.32 Å². The summed E-state index contributed by atoms with van der Waals surface area (Å²) in [5, 5.41) is 15.4. The molecule has 0 aromatic carbocycles. The van der Waals surface area contributed by atoms with E-state index in [0.29, 0.717) is 0 Å². The van der Waals surface area contributed by atoms with Gasteiger partial charge in [-0.2, -0.15) is 0 Å². The molecule has 5 heteroatoms. The molecule has 0 aliphatic carbocycles. The Labute approximate surface area is 97.6 Å². The van der Waals surface area contributed by atoms with E-state index in [4.69, 9.17) is 0 Å². The molecule has 0 saturated carbocycles. The van der Waals surface area contributed by atoms with E-state index in [1.165, 1.54) is 0 Å². The fourth-order valence-corrected chi connectivity index (χ4v) is 1.50. The van der Waals surface area contributed by atoms with Crippen molar-refractivity contribution in [3.63, 3.8) is 0 Å². The van der Waals surface area contributed by atoms with Gasteiger partial charge in [-0.05, 0) is 50.6 Å². The van der Waals surface area contributed by atoms with Crippen molar-refractivity contribution in [2.75, 3.05) is 6.54 Å². The molecule has 5 nitrogen and oxygen atoms in total. The Morgan fingerprint density at radius 3 is 2.62 bits per heavy atom. The summed E-state index contributed by atoms with van der Waals surface area (Å²) in [6.07, 6.45) is 2.12. The van der Waals surface area contributed by atoms with Crippen molar-refractivity contribution in [1.29, 1.82) is 0 Å². The van der Waals surface area contributed by atoms with Gasteiger partial charge in [-0.25, -0.2) is 4.68 Å². The topological polar surface area (TPSA) is 55.6 Å². The van der Waals surface area contributed by atoms with Gasteiger partial charge in [0.1, 0.15) is 0 Å². The third-order valence-corrected chi connectivity index (χ3v) is 3.02. The van der Waals surface area contributed by atoms with Crippen LogP contribution in [0.4, 0.5) is 0 Å². The molecule has 0 radical (unpaired) electrons. The molecular weight excluding hydrogens is 202 g/mol. The highest BCUT2D eigenvalue weighted by atomic mass is 15.6. The zero-order valence-electron chi connectivity index (χ0n) is 11.0. The molecule has 1 N–H and O–H groups in total. The summed E-state index contributed by atoms with van der Waals surface area (Å²) >= 11 is 0. The maximum Gasteiger partial charge on any atom is 0.168 e. The standard InChI is InChI=1S/C11H23N5/c1-6-8-12-9(3)10-13-14-15-16(10)11(4,5)7-2/h9,12H,6-8H2,1-5H3. The van der Waals surface area contributed by atoms with E-state index in [9.17, 15) is 0 Å². The first kappa shape index (κ1) is 13.1. The van der Waals surface area contributed by atoms with Crippen LogP contribution in [0.1, 0.15) is 59.3 Å². The second-order valence-electron chi connectivity index (χ2n) is 4.79. The minimum Gasteiger partial charge on any atom is -0.307 e. The summed E-state index contributed by atoms with van der Waals surface area (Å²) in [6.45, 7) is 11.7. The van der Waals surface area contributed by atoms with Crippen LogP contribution in [0.2, 0.25) is 0 Å². The lowest BCUT2D eigenvalue weighted by Crippen LogP contribution is -2.32. The van der Waals surface area contributed by atoms with E-state index in [0.717, 1.165) is 25.2 Å². The maximum absolute atomic E-state index is 4.12. The molecule has 0 aliphatic heterocycles. The van der Waals surface area contributed by atoms with Crippen LogP contribution in [0.15, 0.2) is 0 Å². The number of aromatic nitrogens is 4. The highest BCUT2D eigenvalue weighted by Crippen LogP contribution is 2.21. The quantitative estimate of drug-likeness (QED) is 0.803. The summed E-state index contributed by atoms with van der Waals surface area (Å²) < 4.78 is 1.93. The predicted octanol–water partition coefficient (Wildman–Crippen LogP) is 1.88. The van der Waals surface area contributed by atoms with Crippen LogP contribution in [0, 0.1) is 0 Å². The third kappa shape index (κ3) is 2.78. The summed E-state index contributed by atoms with van der Waals surface area (Å²) in [5.41, 5.74) is -0.0268. The van der Waals surface area contributed by atoms with Gasteiger partial charge in [-0.1, -0.05) is 13.8 Å². The molecule has 16 heavy (non-hydrogen) atoms. The molecule has 92 valence electrons. The van der Waals surface area contributed by atoms with Gasteiger partial charge in [0, 0.05) is 0 Å². The Kier molecular flexibility index (Phi) is 4.41. The van der Waals surface area contributed by atoms with Crippen LogP contribution in [0.5, 0.6) is 0 Å². The molecule has 0 spiro atoms. The Hall–Kier alpha value is -0.970. The normalized spacial score (nSPS) is 14.1. The average molecular weight is 225 g/mol. The lowest BCUT2D eigenvalue weighted by Gasteiger charge is -2.25. The SMILES string of the molecule is CCCNC(C)c1nnnn1C(C)(C)CC. The Morgan fingerprint density at radius 1 is 1.38 bits per heavy atom. The summed E-state index contributed by atoms with van der Waals surface area (Å²) in [4.78, 5) is 0. The van der Waals surface area contributed by atoms with Crippen LogP contribution in [0.25, 0.3) is 0 Å². The van der Waals surface area contributed by atoms with Crippen molar-refractivity contribution in [2.45, 2.75) is 59.0 Å². The third-order valence-electron chi connectivity index (χ3n) is 3.02. The number of nitrogens with zero attached hydrogens (tertiary/aromatic N) is 4. The largest absolute Gasteiger partial charge is 0.307 e. The van der Waals surface area contributed by atoms with Crippen LogP contribution in [-0.4, -0.2) is 26.8 Å². The number of tetrazole rings is 1. The zero-order valence-corrected chi connectivity index (χ0v) is 11.0.